The molecule has 102 valence electrons. The molecule has 2 aliphatic rings. The summed E-state index contributed by atoms with van der Waals surface area (Å²) < 4.78 is 5.44. The Kier molecular flexibility index (Phi) is 3.69. The second kappa shape index (κ2) is 5.45. The molecule has 0 N–H and O–H groups in total. The van der Waals surface area contributed by atoms with Gasteiger partial charge in [0.1, 0.15) is 5.75 Å². The number of benzene rings is 1. The van der Waals surface area contributed by atoms with Gasteiger partial charge in [-0.1, -0.05) is 18.2 Å². The van der Waals surface area contributed by atoms with Gasteiger partial charge in [-0.3, -0.25) is 4.79 Å². The molecule has 2 fully saturated rings. The number of thioether (sulfide) groups is 1. The number of amides is 1. The van der Waals surface area contributed by atoms with Crippen molar-refractivity contribution in [3.8, 4) is 5.75 Å². The van der Waals surface area contributed by atoms with Gasteiger partial charge in [-0.25, -0.2) is 0 Å². The average molecular weight is 277 g/mol. The summed E-state index contributed by atoms with van der Waals surface area (Å²) in [5.41, 5.74) is 1.18. The van der Waals surface area contributed by atoms with E-state index in [1.165, 1.54) is 11.3 Å². The highest BCUT2D eigenvalue weighted by Crippen LogP contribution is 2.41. The summed E-state index contributed by atoms with van der Waals surface area (Å²) >= 11 is 1.93. The molecule has 3 rings (SSSR count). The second-order valence-corrected chi connectivity index (χ2v) is 6.43. The predicted octanol–water partition coefficient (Wildman–Crippen LogP) is 2.86. The first-order valence-electron chi connectivity index (χ1n) is 6.83. The van der Waals surface area contributed by atoms with Gasteiger partial charge in [-0.15, -0.1) is 11.8 Å². The number of piperidine rings is 1. The van der Waals surface area contributed by atoms with Gasteiger partial charge in [0.15, 0.2) is 0 Å². The Labute approximate surface area is 118 Å². The molecule has 1 amide bonds. The van der Waals surface area contributed by atoms with Gasteiger partial charge in [-0.2, -0.15) is 0 Å². The van der Waals surface area contributed by atoms with E-state index in [0.717, 1.165) is 25.1 Å². The molecule has 2 atom stereocenters. The van der Waals surface area contributed by atoms with Crippen LogP contribution in [0.3, 0.4) is 0 Å². The van der Waals surface area contributed by atoms with E-state index >= 15 is 0 Å². The first-order chi connectivity index (χ1) is 9.29. The fraction of sp³-hybridized carbons (Fsp3) is 0.533. The summed E-state index contributed by atoms with van der Waals surface area (Å²) in [7, 11) is 1.70. The minimum atomic E-state index is 0.301. The van der Waals surface area contributed by atoms with Crippen LogP contribution in [0.1, 0.15) is 30.7 Å². The summed E-state index contributed by atoms with van der Waals surface area (Å²) in [5, 5.41) is 0.366. The summed E-state index contributed by atoms with van der Waals surface area (Å²) in [4.78, 5) is 14.4. The van der Waals surface area contributed by atoms with E-state index in [2.05, 4.69) is 11.0 Å². The van der Waals surface area contributed by atoms with Crippen LogP contribution in [0.2, 0.25) is 0 Å². The Hall–Kier alpha value is -1.16. The smallest absolute Gasteiger partial charge is 0.224 e. The standard InChI is InChI=1S/C15H19NO2S/c1-18-13-6-3-2-5-12(13)11-9-14(17)16-7-4-8-19-15(16)10-11/h2-3,5-6,11,15H,4,7-10H2,1H3/t11-,15+/m0/s1. The highest BCUT2D eigenvalue weighted by Gasteiger charge is 2.36. The molecule has 19 heavy (non-hydrogen) atoms. The van der Waals surface area contributed by atoms with Crippen molar-refractivity contribution in [2.45, 2.75) is 30.6 Å². The summed E-state index contributed by atoms with van der Waals surface area (Å²) in [5.74, 6) is 2.69. The molecule has 0 aromatic heterocycles. The maximum atomic E-state index is 12.3. The number of methoxy groups -OCH3 is 1. The van der Waals surface area contributed by atoms with Crippen LogP contribution in [0.4, 0.5) is 0 Å². The Morgan fingerprint density at radius 2 is 2.21 bits per heavy atom. The third-order valence-electron chi connectivity index (χ3n) is 4.01. The van der Waals surface area contributed by atoms with E-state index in [1.807, 2.05) is 30.0 Å². The van der Waals surface area contributed by atoms with E-state index in [4.69, 9.17) is 4.74 Å². The number of nitrogens with zero attached hydrogens (tertiary/aromatic N) is 1. The van der Waals surface area contributed by atoms with Gasteiger partial charge in [0.25, 0.3) is 0 Å². The van der Waals surface area contributed by atoms with Crippen LogP contribution in [0.25, 0.3) is 0 Å². The Bertz CT molecular complexity index is 477. The monoisotopic (exact) mass is 277 g/mol. The Morgan fingerprint density at radius 3 is 3.05 bits per heavy atom. The predicted molar refractivity (Wildman–Crippen MR) is 77.5 cm³/mol. The zero-order valence-corrected chi connectivity index (χ0v) is 12.0. The zero-order valence-electron chi connectivity index (χ0n) is 11.2. The number of fused-ring (bicyclic) bond motifs is 1. The first kappa shape index (κ1) is 12.9. The third-order valence-corrected chi connectivity index (χ3v) is 5.36. The van der Waals surface area contributed by atoms with E-state index in [9.17, 15) is 4.79 Å². The molecule has 0 spiro atoms. The van der Waals surface area contributed by atoms with Crippen molar-refractivity contribution in [1.29, 1.82) is 0 Å². The van der Waals surface area contributed by atoms with Gasteiger partial charge >= 0.3 is 0 Å². The summed E-state index contributed by atoms with van der Waals surface area (Å²) in [6.07, 6.45) is 2.81. The van der Waals surface area contributed by atoms with E-state index in [0.29, 0.717) is 23.6 Å². The molecular formula is C15H19NO2S. The number of carbonyl (C=O) groups is 1. The van der Waals surface area contributed by atoms with Gasteiger partial charge in [0, 0.05) is 13.0 Å². The van der Waals surface area contributed by atoms with Crippen molar-refractivity contribution >= 4 is 17.7 Å². The highest BCUT2D eigenvalue weighted by molar-refractivity contribution is 7.99. The minimum absolute atomic E-state index is 0.301. The number of hydrogen-bond donors (Lipinski definition) is 0. The van der Waals surface area contributed by atoms with Crippen LogP contribution in [-0.4, -0.2) is 35.6 Å². The van der Waals surface area contributed by atoms with E-state index in [1.54, 1.807) is 7.11 Å². The normalized spacial score (nSPS) is 27.0. The molecule has 1 aromatic rings. The molecule has 0 aliphatic carbocycles. The minimum Gasteiger partial charge on any atom is -0.496 e. The number of para-hydroxylation sites is 1. The van der Waals surface area contributed by atoms with E-state index in [-0.39, 0.29) is 0 Å². The van der Waals surface area contributed by atoms with Crippen molar-refractivity contribution in [3.05, 3.63) is 29.8 Å². The van der Waals surface area contributed by atoms with Crippen LogP contribution in [-0.2, 0) is 4.79 Å². The van der Waals surface area contributed by atoms with Crippen molar-refractivity contribution < 1.29 is 9.53 Å². The molecule has 3 nitrogen and oxygen atoms in total. The number of carbonyl (C=O) groups excluding carboxylic acids is 1. The maximum Gasteiger partial charge on any atom is 0.224 e. The summed E-state index contributed by atoms with van der Waals surface area (Å²) in [6, 6.07) is 8.09. The lowest BCUT2D eigenvalue weighted by Gasteiger charge is -2.42. The molecular weight excluding hydrogens is 258 g/mol. The average Bonchev–Trinajstić information content (AvgIpc) is 2.47. The highest BCUT2D eigenvalue weighted by atomic mass is 32.2. The molecule has 4 heteroatoms. The van der Waals surface area contributed by atoms with Crippen LogP contribution >= 0.6 is 11.8 Å². The molecule has 2 heterocycles. The van der Waals surface area contributed by atoms with Crippen molar-refractivity contribution in [1.82, 2.24) is 4.90 Å². The van der Waals surface area contributed by atoms with Crippen LogP contribution in [0.5, 0.6) is 5.75 Å². The summed E-state index contributed by atoms with van der Waals surface area (Å²) in [6.45, 7) is 0.940. The van der Waals surface area contributed by atoms with Crippen LogP contribution < -0.4 is 4.74 Å². The zero-order chi connectivity index (χ0) is 13.2. The number of hydrogen-bond acceptors (Lipinski definition) is 3. The lowest BCUT2D eigenvalue weighted by atomic mass is 9.88. The fourth-order valence-electron chi connectivity index (χ4n) is 3.06. The Morgan fingerprint density at radius 1 is 1.37 bits per heavy atom. The van der Waals surface area contributed by atoms with Gasteiger partial charge in [0.05, 0.1) is 12.5 Å². The fourth-order valence-corrected chi connectivity index (χ4v) is 4.40. The largest absolute Gasteiger partial charge is 0.496 e. The SMILES string of the molecule is COc1ccccc1[C@H]1CC(=O)N2CCCS[C@@H]2C1. The molecule has 0 bridgehead atoms. The van der Waals surface area contributed by atoms with Crippen molar-refractivity contribution in [2.24, 2.45) is 0 Å². The quantitative estimate of drug-likeness (QED) is 0.832. The number of rotatable bonds is 2. The van der Waals surface area contributed by atoms with Crippen LogP contribution in [0.15, 0.2) is 24.3 Å². The second-order valence-electron chi connectivity index (χ2n) is 5.14. The molecule has 1 aromatic carbocycles. The molecule has 0 unspecified atom stereocenters. The Balaban J connectivity index is 1.84. The molecule has 2 saturated heterocycles. The first-order valence-corrected chi connectivity index (χ1v) is 7.88. The number of ether oxygens (including phenoxy) is 1. The van der Waals surface area contributed by atoms with Crippen molar-refractivity contribution in [3.63, 3.8) is 0 Å². The molecule has 0 radical (unpaired) electrons. The molecule has 0 saturated carbocycles. The maximum absolute atomic E-state index is 12.3. The van der Waals surface area contributed by atoms with E-state index < -0.39 is 0 Å². The van der Waals surface area contributed by atoms with Gasteiger partial charge in [0.2, 0.25) is 5.91 Å². The lowest BCUT2D eigenvalue weighted by molar-refractivity contribution is -0.135. The van der Waals surface area contributed by atoms with Crippen molar-refractivity contribution in [2.75, 3.05) is 19.4 Å². The topological polar surface area (TPSA) is 29.5 Å². The third kappa shape index (κ3) is 2.46. The molecule has 2 aliphatic heterocycles. The lowest BCUT2D eigenvalue weighted by Crippen LogP contribution is -2.47. The van der Waals surface area contributed by atoms with Crippen LogP contribution in [0, 0.1) is 0 Å². The van der Waals surface area contributed by atoms with Gasteiger partial charge in [-0.05, 0) is 36.1 Å². The van der Waals surface area contributed by atoms with Gasteiger partial charge < -0.3 is 9.64 Å².